The molecule has 0 bridgehead atoms. The van der Waals surface area contributed by atoms with Crippen LogP contribution < -0.4 is 5.32 Å². The smallest absolute Gasteiger partial charge is 0.356 e. The van der Waals surface area contributed by atoms with Gasteiger partial charge in [0.1, 0.15) is 11.9 Å². The first-order valence-corrected chi connectivity index (χ1v) is 4.86. The predicted molar refractivity (Wildman–Crippen MR) is 51.9 cm³/mol. The molecule has 1 aliphatic rings. The minimum Gasteiger partial charge on any atom is -0.476 e. The van der Waals surface area contributed by atoms with E-state index < -0.39 is 18.4 Å². The van der Waals surface area contributed by atoms with Crippen LogP contribution in [-0.2, 0) is 0 Å². The topological polar surface area (TPSA) is 67.2 Å². The van der Waals surface area contributed by atoms with Crippen molar-refractivity contribution in [1.82, 2.24) is 9.78 Å². The van der Waals surface area contributed by atoms with Crippen molar-refractivity contribution in [2.75, 3.05) is 5.32 Å². The van der Waals surface area contributed by atoms with Gasteiger partial charge in [-0.2, -0.15) is 5.10 Å². The summed E-state index contributed by atoms with van der Waals surface area (Å²) >= 11 is 0. The van der Waals surface area contributed by atoms with Gasteiger partial charge in [-0.15, -0.1) is 0 Å². The maximum atomic E-state index is 12.7. The number of aromatic carboxylic acids is 1. The Bertz CT molecular complexity index is 419. The number of fused-ring (bicyclic) bond motifs is 1. The van der Waals surface area contributed by atoms with Crippen LogP contribution in [0, 0.1) is 0 Å². The predicted octanol–water partition coefficient (Wildman–Crippen LogP) is 1.59. The first kappa shape index (κ1) is 10.8. The molecule has 0 radical (unpaired) electrons. The number of alkyl halides is 2. The van der Waals surface area contributed by atoms with Crippen molar-refractivity contribution < 1.29 is 18.7 Å². The molecule has 1 aromatic rings. The quantitative estimate of drug-likeness (QED) is 0.811. The van der Waals surface area contributed by atoms with Crippen LogP contribution in [0.1, 0.15) is 29.9 Å². The Morgan fingerprint density at radius 2 is 2.44 bits per heavy atom. The van der Waals surface area contributed by atoms with Crippen molar-refractivity contribution >= 4 is 11.8 Å². The molecule has 2 N–H and O–H groups in total. The summed E-state index contributed by atoms with van der Waals surface area (Å²) in [6.45, 7) is 1.77. The highest BCUT2D eigenvalue weighted by molar-refractivity contribution is 5.86. The van der Waals surface area contributed by atoms with Crippen molar-refractivity contribution in [2.45, 2.75) is 31.9 Å². The molecule has 0 unspecified atom stereocenters. The van der Waals surface area contributed by atoms with Crippen molar-refractivity contribution in [2.24, 2.45) is 0 Å². The molecular formula is C9H11F2N3O2. The molecule has 16 heavy (non-hydrogen) atoms. The molecule has 2 atom stereocenters. The molecule has 2 heterocycles. The number of anilines is 1. The van der Waals surface area contributed by atoms with E-state index in [4.69, 9.17) is 5.11 Å². The first-order valence-electron chi connectivity index (χ1n) is 4.86. The van der Waals surface area contributed by atoms with Crippen molar-refractivity contribution in [3.05, 3.63) is 11.8 Å². The Morgan fingerprint density at radius 1 is 1.75 bits per heavy atom. The second-order valence-corrected chi connectivity index (χ2v) is 3.85. The van der Waals surface area contributed by atoms with Gasteiger partial charge in [-0.25, -0.2) is 18.3 Å². The summed E-state index contributed by atoms with van der Waals surface area (Å²) in [7, 11) is 0. The van der Waals surface area contributed by atoms with Crippen LogP contribution in [-0.4, -0.2) is 33.3 Å². The Morgan fingerprint density at radius 3 is 3.00 bits per heavy atom. The monoisotopic (exact) mass is 231 g/mol. The van der Waals surface area contributed by atoms with E-state index in [2.05, 4.69) is 10.4 Å². The lowest BCUT2D eigenvalue weighted by Gasteiger charge is -2.29. The minimum atomic E-state index is -2.55. The molecule has 0 aliphatic carbocycles. The summed E-state index contributed by atoms with van der Waals surface area (Å²) in [6, 6.07) is 0.0945. The second-order valence-electron chi connectivity index (χ2n) is 3.85. The van der Waals surface area contributed by atoms with Crippen LogP contribution in [0.2, 0.25) is 0 Å². The van der Waals surface area contributed by atoms with Gasteiger partial charge in [-0.1, -0.05) is 0 Å². The number of hydrogen-bond acceptors (Lipinski definition) is 3. The zero-order valence-corrected chi connectivity index (χ0v) is 8.52. The molecule has 1 aliphatic heterocycles. The van der Waals surface area contributed by atoms with E-state index in [9.17, 15) is 13.6 Å². The Labute approximate surface area is 90.1 Å². The molecule has 0 amide bonds. The highest BCUT2D eigenvalue weighted by Crippen LogP contribution is 2.31. The summed E-state index contributed by atoms with van der Waals surface area (Å²) in [5, 5.41) is 15.3. The molecule has 5 nitrogen and oxygen atoms in total. The van der Waals surface area contributed by atoms with Gasteiger partial charge in [0.25, 0.3) is 6.43 Å². The van der Waals surface area contributed by atoms with Crippen LogP contribution in [0.4, 0.5) is 14.6 Å². The summed E-state index contributed by atoms with van der Waals surface area (Å²) in [6.07, 6.45) is -2.32. The van der Waals surface area contributed by atoms with Crippen LogP contribution in [0.25, 0.3) is 0 Å². The fourth-order valence-electron chi connectivity index (χ4n) is 1.84. The van der Waals surface area contributed by atoms with Gasteiger partial charge in [-0.3, -0.25) is 0 Å². The molecule has 0 aromatic carbocycles. The maximum Gasteiger partial charge on any atom is 0.356 e. The Hall–Kier alpha value is -1.66. The number of carboxylic acids is 1. The minimum absolute atomic E-state index is 0.121. The van der Waals surface area contributed by atoms with Gasteiger partial charge in [-0.05, 0) is 13.3 Å². The zero-order chi connectivity index (χ0) is 11.9. The molecule has 0 saturated heterocycles. The third-order valence-electron chi connectivity index (χ3n) is 2.55. The molecular weight excluding hydrogens is 220 g/mol. The normalized spacial score (nSPS) is 24.0. The molecule has 0 fully saturated rings. The third kappa shape index (κ3) is 1.72. The Kier molecular flexibility index (Phi) is 2.53. The number of rotatable bonds is 2. The molecule has 7 heteroatoms. The van der Waals surface area contributed by atoms with Crippen LogP contribution in [0.15, 0.2) is 6.07 Å². The largest absolute Gasteiger partial charge is 0.476 e. The van der Waals surface area contributed by atoms with E-state index in [0.29, 0.717) is 5.82 Å². The SMILES string of the molecule is C[C@H]1C[C@H](C(F)F)n2nc(C(=O)O)cc2N1. The van der Waals surface area contributed by atoms with E-state index in [1.54, 1.807) is 6.92 Å². The summed E-state index contributed by atoms with van der Waals surface area (Å²) in [5.41, 5.74) is -0.220. The van der Waals surface area contributed by atoms with Gasteiger partial charge < -0.3 is 10.4 Å². The second kappa shape index (κ2) is 3.73. The molecule has 0 saturated carbocycles. The van der Waals surface area contributed by atoms with Gasteiger partial charge in [0.15, 0.2) is 5.69 Å². The van der Waals surface area contributed by atoms with Crippen LogP contribution >= 0.6 is 0 Å². The van der Waals surface area contributed by atoms with Crippen molar-refractivity contribution in [3.63, 3.8) is 0 Å². The van der Waals surface area contributed by atoms with Crippen molar-refractivity contribution in [3.8, 4) is 0 Å². The lowest BCUT2D eigenvalue weighted by molar-refractivity contribution is 0.0630. The highest BCUT2D eigenvalue weighted by Gasteiger charge is 2.32. The number of hydrogen-bond donors (Lipinski definition) is 2. The number of nitrogens with one attached hydrogen (secondary N) is 1. The van der Waals surface area contributed by atoms with E-state index in [1.807, 2.05) is 0 Å². The van der Waals surface area contributed by atoms with Crippen LogP contribution in [0.3, 0.4) is 0 Å². The number of carboxylic acid groups (broad SMARTS) is 1. The highest BCUT2D eigenvalue weighted by atomic mass is 19.3. The van der Waals surface area contributed by atoms with Gasteiger partial charge in [0.2, 0.25) is 0 Å². The molecule has 1 aromatic heterocycles. The fraction of sp³-hybridized carbons (Fsp3) is 0.556. The lowest BCUT2D eigenvalue weighted by Crippen LogP contribution is -2.33. The van der Waals surface area contributed by atoms with E-state index in [1.165, 1.54) is 6.07 Å². The summed E-state index contributed by atoms with van der Waals surface area (Å²) in [5.74, 6) is -0.884. The number of nitrogens with zero attached hydrogens (tertiary/aromatic N) is 2. The first-order chi connectivity index (χ1) is 7.49. The standard InChI is InChI=1S/C9H11F2N3O2/c1-4-2-6(8(10)11)14-7(12-4)3-5(13-14)9(15)16/h3-4,6,8,12H,2H2,1H3,(H,15,16)/t4-,6+/m0/s1. The molecule has 2 rings (SSSR count). The number of carbonyl (C=O) groups is 1. The van der Waals surface area contributed by atoms with Gasteiger partial charge in [0.05, 0.1) is 0 Å². The third-order valence-corrected chi connectivity index (χ3v) is 2.55. The van der Waals surface area contributed by atoms with E-state index in [0.717, 1.165) is 4.68 Å². The van der Waals surface area contributed by atoms with Crippen LogP contribution in [0.5, 0.6) is 0 Å². The van der Waals surface area contributed by atoms with Gasteiger partial charge >= 0.3 is 5.97 Å². The average Bonchev–Trinajstić information content (AvgIpc) is 2.59. The summed E-state index contributed by atoms with van der Waals surface area (Å²) < 4.78 is 26.6. The number of aromatic nitrogens is 2. The summed E-state index contributed by atoms with van der Waals surface area (Å²) in [4.78, 5) is 10.7. The fourth-order valence-corrected chi connectivity index (χ4v) is 1.84. The lowest BCUT2D eigenvalue weighted by atomic mass is 10.1. The van der Waals surface area contributed by atoms with E-state index >= 15 is 0 Å². The number of halogens is 2. The van der Waals surface area contributed by atoms with E-state index in [-0.39, 0.29) is 18.2 Å². The van der Waals surface area contributed by atoms with Gasteiger partial charge in [0, 0.05) is 12.1 Å². The zero-order valence-electron chi connectivity index (χ0n) is 8.52. The Balaban J connectivity index is 2.41. The molecule has 0 spiro atoms. The maximum absolute atomic E-state index is 12.7. The average molecular weight is 231 g/mol. The molecule has 88 valence electrons. The van der Waals surface area contributed by atoms with Crippen molar-refractivity contribution in [1.29, 1.82) is 0 Å².